The van der Waals surface area contributed by atoms with Crippen LogP contribution >= 0.6 is 0 Å². The van der Waals surface area contributed by atoms with Crippen molar-refractivity contribution in [2.24, 2.45) is 17.6 Å². The zero-order chi connectivity index (χ0) is 21.6. The maximum atomic E-state index is 12.8. The van der Waals surface area contributed by atoms with Gasteiger partial charge in [-0.15, -0.1) is 0 Å². The molecule has 160 valence electrons. The van der Waals surface area contributed by atoms with Crippen LogP contribution in [0.15, 0.2) is 22.8 Å². The first-order chi connectivity index (χ1) is 13.7. The lowest BCUT2D eigenvalue weighted by molar-refractivity contribution is -0.158. The lowest BCUT2D eigenvalue weighted by Gasteiger charge is -2.29. The van der Waals surface area contributed by atoms with Gasteiger partial charge < -0.3 is 24.9 Å². The molecule has 1 aliphatic heterocycles. The first kappa shape index (κ1) is 22.6. The zero-order valence-corrected chi connectivity index (χ0v) is 17.0. The highest BCUT2D eigenvalue weighted by Gasteiger charge is 2.38. The van der Waals surface area contributed by atoms with Gasteiger partial charge in [0.25, 0.3) is 5.91 Å². The van der Waals surface area contributed by atoms with Crippen LogP contribution in [0, 0.1) is 11.8 Å². The Morgan fingerprint density at radius 2 is 2.14 bits per heavy atom. The molecule has 0 unspecified atom stereocenters. The number of aliphatic hydroxyl groups is 1. The fourth-order valence-corrected chi connectivity index (χ4v) is 3.44. The van der Waals surface area contributed by atoms with Gasteiger partial charge in [0.2, 0.25) is 5.91 Å². The van der Waals surface area contributed by atoms with Crippen molar-refractivity contribution < 1.29 is 28.6 Å². The van der Waals surface area contributed by atoms with E-state index in [1.54, 1.807) is 6.08 Å². The Hall–Kier alpha value is -2.68. The van der Waals surface area contributed by atoms with Crippen LogP contribution < -0.4 is 5.73 Å². The molecule has 0 aliphatic carbocycles. The summed E-state index contributed by atoms with van der Waals surface area (Å²) in [7, 11) is 0. The number of amides is 2. The van der Waals surface area contributed by atoms with Gasteiger partial charge in [0, 0.05) is 18.9 Å². The minimum Gasteiger partial charge on any atom is -0.460 e. The Kier molecular flexibility index (Phi) is 7.95. The van der Waals surface area contributed by atoms with Crippen molar-refractivity contribution in [3.63, 3.8) is 0 Å². The molecule has 2 rings (SSSR count). The molecule has 3 N–H and O–H groups in total. The first-order valence-corrected chi connectivity index (χ1v) is 9.79. The summed E-state index contributed by atoms with van der Waals surface area (Å²) in [4.78, 5) is 42.1. The van der Waals surface area contributed by atoms with Crippen molar-refractivity contribution in [1.82, 2.24) is 9.88 Å². The van der Waals surface area contributed by atoms with E-state index in [4.69, 9.17) is 20.0 Å². The molecule has 9 heteroatoms. The van der Waals surface area contributed by atoms with Crippen LogP contribution in [0.3, 0.4) is 0 Å². The number of hydrogen-bond donors (Lipinski definition) is 2. The Labute approximate surface area is 169 Å². The number of aromatic nitrogens is 1. The second-order valence-corrected chi connectivity index (χ2v) is 7.52. The van der Waals surface area contributed by atoms with Gasteiger partial charge in [0.05, 0.1) is 6.61 Å². The number of aliphatic hydroxyl groups excluding tert-OH is 1. The largest absolute Gasteiger partial charge is 0.460 e. The van der Waals surface area contributed by atoms with Crippen molar-refractivity contribution in [2.75, 3.05) is 13.2 Å². The number of carbonyl (C=O) groups is 3. The standard InChI is InChI=1S/C20H29N3O6/c1-12(2)18(13(3)6-7-16(21)25)29-20(27)15-5-4-9-23(15)19(26)14-11-28-17(22-14)8-10-24/h6-7,11-13,15,18,24H,4-5,8-10H2,1-3H3,(H2,21,25)/b7-6+/t13-,15-,18-/m1/s1. The summed E-state index contributed by atoms with van der Waals surface area (Å²) >= 11 is 0. The maximum absolute atomic E-state index is 12.8. The van der Waals surface area contributed by atoms with E-state index in [9.17, 15) is 14.4 Å². The summed E-state index contributed by atoms with van der Waals surface area (Å²) in [5, 5.41) is 8.95. The fourth-order valence-electron chi connectivity index (χ4n) is 3.44. The van der Waals surface area contributed by atoms with Crippen molar-refractivity contribution in [2.45, 2.75) is 52.2 Å². The second-order valence-electron chi connectivity index (χ2n) is 7.52. The number of oxazole rings is 1. The Morgan fingerprint density at radius 1 is 1.41 bits per heavy atom. The average Bonchev–Trinajstić information content (AvgIpc) is 3.33. The number of ether oxygens (including phenoxy) is 1. The molecule has 1 fully saturated rings. The molecule has 3 atom stereocenters. The third-order valence-electron chi connectivity index (χ3n) is 4.87. The van der Waals surface area contributed by atoms with Crippen LogP contribution in [0.1, 0.15) is 50.0 Å². The number of nitrogens with two attached hydrogens (primary N) is 1. The molecule has 0 spiro atoms. The van der Waals surface area contributed by atoms with Gasteiger partial charge in [0.1, 0.15) is 18.4 Å². The SMILES string of the molecule is CC(C)[C@@H](OC(=O)[C@H]1CCCN1C(=O)c1coc(CCO)n1)[C@H](C)/C=C/C(N)=O. The fraction of sp³-hybridized carbons (Fsp3) is 0.600. The molecule has 0 radical (unpaired) electrons. The molecule has 2 amide bonds. The highest BCUT2D eigenvalue weighted by Crippen LogP contribution is 2.25. The summed E-state index contributed by atoms with van der Waals surface area (Å²) in [5.74, 6) is -1.38. The van der Waals surface area contributed by atoms with E-state index in [1.807, 2.05) is 20.8 Å². The topological polar surface area (TPSA) is 136 Å². The molecule has 29 heavy (non-hydrogen) atoms. The molecule has 1 aromatic rings. The van der Waals surface area contributed by atoms with Crippen molar-refractivity contribution in [3.05, 3.63) is 30.0 Å². The van der Waals surface area contributed by atoms with Gasteiger partial charge in [-0.1, -0.05) is 26.8 Å². The number of likely N-dealkylation sites (tertiary alicyclic amines) is 1. The van der Waals surface area contributed by atoms with Gasteiger partial charge in [0.15, 0.2) is 11.6 Å². The summed E-state index contributed by atoms with van der Waals surface area (Å²) < 4.78 is 10.9. The minimum absolute atomic E-state index is 0.00797. The van der Waals surface area contributed by atoms with Crippen LogP contribution in [-0.2, 0) is 20.7 Å². The molecule has 0 saturated carbocycles. The van der Waals surface area contributed by atoms with E-state index >= 15 is 0 Å². The van der Waals surface area contributed by atoms with E-state index in [-0.39, 0.29) is 36.4 Å². The smallest absolute Gasteiger partial charge is 0.329 e. The van der Waals surface area contributed by atoms with Gasteiger partial charge in [-0.05, 0) is 24.8 Å². The van der Waals surface area contributed by atoms with E-state index in [1.165, 1.54) is 17.2 Å². The van der Waals surface area contributed by atoms with E-state index in [2.05, 4.69) is 4.98 Å². The predicted octanol–water partition coefficient (Wildman–Crippen LogP) is 1.06. The molecular formula is C20H29N3O6. The Balaban J connectivity index is 2.09. The summed E-state index contributed by atoms with van der Waals surface area (Å²) in [6, 6.07) is -0.700. The lowest BCUT2D eigenvalue weighted by atomic mass is 9.94. The molecule has 1 aromatic heterocycles. The summed E-state index contributed by atoms with van der Waals surface area (Å²) in [5.41, 5.74) is 5.24. The van der Waals surface area contributed by atoms with E-state index in [0.717, 1.165) is 0 Å². The molecule has 0 bridgehead atoms. The van der Waals surface area contributed by atoms with Gasteiger partial charge >= 0.3 is 5.97 Å². The normalized spacial score (nSPS) is 18.9. The highest BCUT2D eigenvalue weighted by atomic mass is 16.5. The van der Waals surface area contributed by atoms with Crippen molar-refractivity contribution in [3.8, 4) is 0 Å². The molecule has 1 saturated heterocycles. The van der Waals surface area contributed by atoms with Crippen LogP contribution in [0.4, 0.5) is 0 Å². The van der Waals surface area contributed by atoms with Gasteiger partial charge in [-0.25, -0.2) is 9.78 Å². The van der Waals surface area contributed by atoms with E-state index in [0.29, 0.717) is 19.4 Å². The molecular weight excluding hydrogens is 378 g/mol. The number of rotatable bonds is 9. The number of primary amides is 1. The number of carbonyl (C=O) groups excluding carboxylic acids is 3. The van der Waals surface area contributed by atoms with Crippen molar-refractivity contribution in [1.29, 1.82) is 0 Å². The van der Waals surface area contributed by atoms with Gasteiger partial charge in [-0.3, -0.25) is 9.59 Å². The zero-order valence-electron chi connectivity index (χ0n) is 17.0. The second kappa shape index (κ2) is 10.2. The lowest BCUT2D eigenvalue weighted by Crippen LogP contribution is -2.44. The average molecular weight is 407 g/mol. The van der Waals surface area contributed by atoms with Gasteiger partial charge in [-0.2, -0.15) is 0 Å². The van der Waals surface area contributed by atoms with E-state index < -0.39 is 29.9 Å². The minimum atomic E-state index is -0.700. The molecule has 9 nitrogen and oxygen atoms in total. The highest BCUT2D eigenvalue weighted by molar-refractivity contribution is 5.95. The Morgan fingerprint density at radius 3 is 2.76 bits per heavy atom. The summed E-state index contributed by atoms with van der Waals surface area (Å²) in [6.45, 7) is 5.97. The number of hydrogen-bond acceptors (Lipinski definition) is 7. The van der Waals surface area contributed by atoms with Crippen LogP contribution in [0.5, 0.6) is 0 Å². The number of esters is 1. The maximum Gasteiger partial charge on any atom is 0.329 e. The molecule has 2 heterocycles. The van der Waals surface area contributed by atoms with Crippen LogP contribution in [-0.4, -0.2) is 58.1 Å². The molecule has 0 aromatic carbocycles. The Bertz CT molecular complexity index is 757. The summed E-state index contributed by atoms with van der Waals surface area (Å²) in [6.07, 6.45) is 5.05. The third-order valence-corrected chi connectivity index (χ3v) is 4.87. The third kappa shape index (κ3) is 5.90. The quantitative estimate of drug-likeness (QED) is 0.461. The van der Waals surface area contributed by atoms with Crippen LogP contribution in [0.25, 0.3) is 0 Å². The predicted molar refractivity (Wildman–Crippen MR) is 104 cm³/mol. The first-order valence-electron chi connectivity index (χ1n) is 9.79. The van der Waals surface area contributed by atoms with Crippen LogP contribution in [0.2, 0.25) is 0 Å². The molecule has 1 aliphatic rings. The number of nitrogens with zero attached hydrogens (tertiary/aromatic N) is 2. The van der Waals surface area contributed by atoms with Crippen molar-refractivity contribution >= 4 is 17.8 Å². The monoisotopic (exact) mass is 407 g/mol.